The van der Waals surface area contributed by atoms with Gasteiger partial charge in [0.05, 0.1) is 6.61 Å². The van der Waals surface area contributed by atoms with Crippen LogP contribution < -0.4 is 4.74 Å². The molecule has 1 aliphatic heterocycles. The summed E-state index contributed by atoms with van der Waals surface area (Å²) in [7, 11) is 0. The molecule has 0 atom stereocenters. The molecular formula is C14H21FN2O2. The maximum Gasteiger partial charge on any atom is 0.126 e. The molecule has 1 N–H and O–H groups in total. The maximum absolute atomic E-state index is 12.9. The number of rotatable bonds is 6. The zero-order valence-corrected chi connectivity index (χ0v) is 11.1. The number of hydrogen-bond acceptors (Lipinski definition) is 4. The first-order chi connectivity index (χ1) is 9.28. The molecule has 4 nitrogen and oxygen atoms in total. The molecule has 0 amide bonds. The van der Waals surface area contributed by atoms with Crippen molar-refractivity contribution in [1.29, 1.82) is 0 Å². The van der Waals surface area contributed by atoms with Crippen molar-refractivity contribution >= 4 is 0 Å². The van der Waals surface area contributed by atoms with Crippen molar-refractivity contribution in [2.24, 2.45) is 0 Å². The highest BCUT2D eigenvalue weighted by Gasteiger charge is 2.15. The average Bonchev–Trinajstić information content (AvgIpc) is 2.41. The predicted molar refractivity (Wildman–Crippen MR) is 71.9 cm³/mol. The van der Waals surface area contributed by atoms with Crippen LogP contribution in [0.15, 0.2) is 24.3 Å². The second-order valence-corrected chi connectivity index (χ2v) is 4.71. The minimum Gasteiger partial charge on any atom is -0.492 e. The Morgan fingerprint density at radius 2 is 1.79 bits per heavy atom. The van der Waals surface area contributed by atoms with Crippen molar-refractivity contribution in [1.82, 2.24) is 9.80 Å². The molecule has 1 fully saturated rings. The minimum atomic E-state index is -0.268. The van der Waals surface area contributed by atoms with Gasteiger partial charge in [-0.3, -0.25) is 9.80 Å². The highest BCUT2D eigenvalue weighted by molar-refractivity contribution is 5.22. The molecule has 106 valence electrons. The van der Waals surface area contributed by atoms with Crippen LogP contribution >= 0.6 is 0 Å². The Morgan fingerprint density at radius 3 is 2.42 bits per heavy atom. The van der Waals surface area contributed by atoms with Crippen molar-refractivity contribution in [3.63, 3.8) is 0 Å². The fourth-order valence-electron chi connectivity index (χ4n) is 2.23. The largest absolute Gasteiger partial charge is 0.492 e. The summed E-state index contributed by atoms with van der Waals surface area (Å²) in [6.07, 6.45) is 0. The number of nitrogens with zero attached hydrogens (tertiary/aromatic N) is 2. The SMILES string of the molecule is OCCN1CCN(CCOc2cccc(F)c2)CC1. The van der Waals surface area contributed by atoms with E-state index in [9.17, 15) is 4.39 Å². The third-order valence-corrected chi connectivity index (χ3v) is 3.35. The standard InChI is InChI=1S/C14H21FN2O2/c15-13-2-1-3-14(12-13)19-11-9-17-6-4-16(5-7-17)8-10-18/h1-3,12,18H,4-11H2. The molecule has 1 aromatic carbocycles. The van der Waals surface area contributed by atoms with Crippen molar-refractivity contribution in [3.05, 3.63) is 30.1 Å². The Bertz CT molecular complexity index is 381. The highest BCUT2D eigenvalue weighted by atomic mass is 19.1. The van der Waals surface area contributed by atoms with E-state index in [2.05, 4.69) is 9.80 Å². The maximum atomic E-state index is 12.9. The van der Waals surface area contributed by atoms with Crippen molar-refractivity contribution in [2.75, 3.05) is 52.5 Å². The average molecular weight is 268 g/mol. The first-order valence-electron chi connectivity index (χ1n) is 6.72. The number of aliphatic hydroxyl groups is 1. The number of benzene rings is 1. The van der Waals surface area contributed by atoms with Gasteiger partial charge in [0.1, 0.15) is 18.2 Å². The van der Waals surface area contributed by atoms with Crippen molar-refractivity contribution < 1.29 is 14.2 Å². The van der Waals surface area contributed by atoms with Crippen molar-refractivity contribution in [2.45, 2.75) is 0 Å². The monoisotopic (exact) mass is 268 g/mol. The van der Waals surface area contributed by atoms with Crippen LogP contribution in [0.1, 0.15) is 0 Å². The fraction of sp³-hybridized carbons (Fsp3) is 0.571. The van der Waals surface area contributed by atoms with Gasteiger partial charge in [0, 0.05) is 45.3 Å². The van der Waals surface area contributed by atoms with E-state index in [1.807, 2.05) is 0 Å². The van der Waals surface area contributed by atoms with Crippen LogP contribution in [0.2, 0.25) is 0 Å². The van der Waals surface area contributed by atoms with Gasteiger partial charge in [0.15, 0.2) is 0 Å². The van der Waals surface area contributed by atoms with E-state index in [4.69, 9.17) is 9.84 Å². The van der Waals surface area contributed by atoms with E-state index in [0.717, 1.165) is 39.3 Å². The number of piperazine rings is 1. The quantitative estimate of drug-likeness (QED) is 0.828. The van der Waals surface area contributed by atoms with Gasteiger partial charge < -0.3 is 9.84 Å². The Morgan fingerprint density at radius 1 is 1.11 bits per heavy atom. The van der Waals surface area contributed by atoms with E-state index in [1.54, 1.807) is 12.1 Å². The second kappa shape index (κ2) is 7.43. The lowest BCUT2D eigenvalue weighted by Crippen LogP contribution is -2.48. The van der Waals surface area contributed by atoms with Crippen LogP contribution in [0, 0.1) is 5.82 Å². The molecule has 5 heteroatoms. The molecule has 0 aromatic heterocycles. The molecule has 1 saturated heterocycles. The summed E-state index contributed by atoms with van der Waals surface area (Å²) in [5, 5.41) is 8.87. The summed E-state index contributed by atoms with van der Waals surface area (Å²) in [6.45, 7) is 6.36. The van der Waals surface area contributed by atoms with Gasteiger partial charge in [-0.2, -0.15) is 0 Å². The number of aliphatic hydroxyl groups excluding tert-OH is 1. The van der Waals surface area contributed by atoms with E-state index in [0.29, 0.717) is 12.4 Å². The lowest BCUT2D eigenvalue weighted by atomic mass is 10.3. The van der Waals surface area contributed by atoms with Crippen LogP contribution in [0.3, 0.4) is 0 Å². The Kier molecular flexibility index (Phi) is 5.57. The smallest absolute Gasteiger partial charge is 0.126 e. The molecule has 0 spiro atoms. The second-order valence-electron chi connectivity index (χ2n) is 4.71. The molecule has 0 saturated carbocycles. The zero-order valence-electron chi connectivity index (χ0n) is 11.1. The van der Waals surface area contributed by atoms with Crippen LogP contribution in [0.4, 0.5) is 4.39 Å². The normalized spacial score (nSPS) is 17.6. The third kappa shape index (κ3) is 4.78. The van der Waals surface area contributed by atoms with E-state index in [1.165, 1.54) is 12.1 Å². The topological polar surface area (TPSA) is 35.9 Å². The van der Waals surface area contributed by atoms with E-state index in [-0.39, 0.29) is 12.4 Å². The van der Waals surface area contributed by atoms with Gasteiger partial charge in [-0.15, -0.1) is 0 Å². The van der Waals surface area contributed by atoms with Gasteiger partial charge in [0.2, 0.25) is 0 Å². The Hall–Kier alpha value is -1.17. The Labute approximate surface area is 113 Å². The van der Waals surface area contributed by atoms with Gasteiger partial charge >= 0.3 is 0 Å². The third-order valence-electron chi connectivity index (χ3n) is 3.35. The Balaban J connectivity index is 1.64. The molecule has 2 rings (SSSR count). The number of hydrogen-bond donors (Lipinski definition) is 1. The molecule has 0 unspecified atom stereocenters. The fourth-order valence-corrected chi connectivity index (χ4v) is 2.23. The van der Waals surface area contributed by atoms with Gasteiger partial charge in [-0.25, -0.2) is 4.39 Å². The summed E-state index contributed by atoms with van der Waals surface area (Å²) in [5.41, 5.74) is 0. The molecule has 0 radical (unpaired) electrons. The van der Waals surface area contributed by atoms with Crippen molar-refractivity contribution in [3.8, 4) is 5.75 Å². The van der Waals surface area contributed by atoms with Crippen LogP contribution in [0.25, 0.3) is 0 Å². The van der Waals surface area contributed by atoms with Gasteiger partial charge in [-0.05, 0) is 12.1 Å². The van der Waals surface area contributed by atoms with Gasteiger partial charge in [-0.1, -0.05) is 6.07 Å². The molecule has 0 bridgehead atoms. The van der Waals surface area contributed by atoms with Crippen LogP contribution in [-0.2, 0) is 0 Å². The highest BCUT2D eigenvalue weighted by Crippen LogP contribution is 2.11. The lowest BCUT2D eigenvalue weighted by molar-refractivity contribution is 0.102. The zero-order chi connectivity index (χ0) is 13.5. The first-order valence-corrected chi connectivity index (χ1v) is 6.72. The summed E-state index contributed by atoms with van der Waals surface area (Å²) >= 11 is 0. The lowest BCUT2D eigenvalue weighted by Gasteiger charge is -2.34. The van der Waals surface area contributed by atoms with E-state index < -0.39 is 0 Å². The summed E-state index contributed by atoms with van der Waals surface area (Å²) in [4.78, 5) is 4.58. The van der Waals surface area contributed by atoms with Gasteiger partial charge in [0.25, 0.3) is 0 Å². The number of halogens is 1. The first kappa shape index (κ1) is 14.2. The minimum absolute atomic E-state index is 0.225. The predicted octanol–water partition coefficient (Wildman–Crippen LogP) is 0.814. The molecule has 19 heavy (non-hydrogen) atoms. The molecule has 1 heterocycles. The number of β-amino-alcohol motifs (C(OH)–C–C–N with tert-alkyl or cyclic N) is 1. The summed E-state index contributed by atoms with van der Waals surface area (Å²) < 4.78 is 18.5. The molecule has 1 aliphatic rings. The molecule has 1 aromatic rings. The summed E-state index contributed by atoms with van der Waals surface area (Å²) in [5.74, 6) is 0.314. The molecule has 0 aliphatic carbocycles. The van der Waals surface area contributed by atoms with Crippen LogP contribution in [-0.4, -0.2) is 67.4 Å². The van der Waals surface area contributed by atoms with E-state index >= 15 is 0 Å². The molecular weight excluding hydrogens is 247 g/mol. The number of ether oxygens (including phenoxy) is 1. The van der Waals surface area contributed by atoms with Crippen LogP contribution in [0.5, 0.6) is 5.75 Å². The summed E-state index contributed by atoms with van der Waals surface area (Å²) in [6, 6.07) is 6.23.